The highest BCUT2D eigenvalue weighted by atomic mass is 16.4. The zero-order chi connectivity index (χ0) is 19.3. The molecule has 138 valence electrons. The average Bonchev–Trinajstić information content (AvgIpc) is 2.33. The Bertz CT molecular complexity index is 515. The van der Waals surface area contributed by atoms with Crippen molar-refractivity contribution in [2.45, 2.75) is 57.0 Å². The van der Waals surface area contributed by atoms with Gasteiger partial charge < -0.3 is 31.9 Å². The zero-order valence-electron chi connectivity index (χ0n) is 13.6. The summed E-state index contributed by atoms with van der Waals surface area (Å²) in [6.07, 6.45) is -3.00. The summed E-state index contributed by atoms with van der Waals surface area (Å²) < 4.78 is 0. The summed E-state index contributed by atoms with van der Waals surface area (Å²) in [5.74, 6) is -5.29. The summed E-state index contributed by atoms with van der Waals surface area (Å²) in [5.41, 5.74) is 7.10. The monoisotopic (exact) mass is 348 g/mol. The van der Waals surface area contributed by atoms with Crippen LogP contribution in [0.2, 0.25) is 0 Å². The van der Waals surface area contributed by atoms with Crippen LogP contribution in [0.5, 0.6) is 0 Å². The fourth-order valence-electron chi connectivity index (χ4n) is 2.76. The van der Waals surface area contributed by atoms with Crippen LogP contribution in [0.15, 0.2) is 0 Å². The number of hydrogen-bond donors (Lipinski definition) is 6. The van der Waals surface area contributed by atoms with Crippen LogP contribution < -0.4 is 11.5 Å². The Morgan fingerprint density at radius 1 is 0.708 bits per heavy atom. The Hall–Kier alpha value is -2.20. The van der Waals surface area contributed by atoms with Gasteiger partial charge in [0.2, 0.25) is 0 Å². The van der Waals surface area contributed by atoms with Crippen LogP contribution in [-0.2, 0) is 19.2 Å². The van der Waals surface area contributed by atoms with Gasteiger partial charge >= 0.3 is 23.9 Å². The Labute approximate surface area is 138 Å². The minimum absolute atomic E-state index is 0.306. The Morgan fingerprint density at radius 2 is 1.04 bits per heavy atom. The minimum Gasteiger partial charge on any atom is -0.481 e. The van der Waals surface area contributed by atoms with Gasteiger partial charge in [0.1, 0.15) is 0 Å². The van der Waals surface area contributed by atoms with Crippen molar-refractivity contribution in [1.82, 2.24) is 0 Å². The molecule has 0 amide bonds. The highest BCUT2D eigenvalue weighted by Gasteiger charge is 2.56. The maximum Gasteiger partial charge on any atom is 0.305 e. The molecule has 0 radical (unpaired) electrons. The van der Waals surface area contributed by atoms with Gasteiger partial charge in [0.05, 0.1) is 19.3 Å². The predicted molar refractivity (Wildman–Crippen MR) is 81.2 cm³/mol. The molecule has 10 heteroatoms. The van der Waals surface area contributed by atoms with Crippen LogP contribution in [-0.4, -0.2) is 55.4 Å². The number of carboxylic acids is 4. The number of nitrogens with two attached hydrogens (primary N) is 2. The minimum atomic E-state index is -1.88. The van der Waals surface area contributed by atoms with Gasteiger partial charge in [-0.2, -0.15) is 0 Å². The zero-order valence-corrected chi connectivity index (χ0v) is 13.6. The van der Waals surface area contributed by atoms with Crippen molar-refractivity contribution < 1.29 is 39.6 Å². The normalized spacial score (nSPS) is 14.7. The van der Waals surface area contributed by atoms with E-state index in [2.05, 4.69) is 0 Å². The molecule has 0 aliphatic rings. The molecule has 0 saturated heterocycles. The van der Waals surface area contributed by atoms with Crippen molar-refractivity contribution >= 4 is 23.9 Å². The van der Waals surface area contributed by atoms with E-state index in [0.29, 0.717) is 0 Å². The van der Waals surface area contributed by atoms with Gasteiger partial charge in [-0.3, -0.25) is 19.2 Å². The van der Waals surface area contributed by atoms with Crippen molar-refractivity contribution in [2.24, 2.45) is 16.9 Å². The van der Waals surface area contributed by atoms with Gasteiger partial charge in [-0.05, 0) is 6.42 Å². The van der Waals surface area contributed by atoms with Crippen LogP contribution in [0.3, 0.4) is 0 Å². The lowest BCUT2D eigenvalue weighted by atomic mass is 9.56. The number of carboxylic acid groups (broad SMARTS) is 4. The molecule has 1 atom stereocenters. The Morgan fingerprint density at radius 3 is 1.33 bits per heavy atom. The average molecular weight is 348 g/mol. The maximum atomic E-state index is 11.2. The summed E-state index contributed by atoms with van der Waals surface area (Å²) in [4.78, 5) is 44.3. The summed E-state index contributed by atoms with van der Waals surface area (Å²) >= 11 is 0. The van der Waals surface area contributed by atoms with Crippen molar-refractivity contribution in [1.29, 1.82) is 0 Å². The van der Waals surface area contributed by atoms with E-state index < -0.39 is 66.1 Å². The third-order valence-electron chi connectivity index (χ3n) is 4.67. The Balaban J connectivity index is 6.03. The molecule has 0 bridgehead atoms. The molecular weight excluding hydrogens is 324 g/mol. The third-order valence-corrected chi connectivity index (χ3v) is 4.67. The second-order valence-electron chi connectivity index (χ2n) is 6.54. The fraction of sp³-hybridized carbons (Fsp3) is 0.714. The van der Waals surface area contributed by atoms with Gasteiger partial charge in [0, 0.05) is 22.9 Å². The molecule has 0 fully saturated rings. The van der Waals surface area contributed by atoms with Crippen LogP contribution >= 0.6 is 0 Å². The second-order valence-corrected chi connectivity index (χ2v) is 6.54. The first-order chi connectivity index (χ1) is 10.7. The molecule has 0 aromatic carbocycles. The first-order valence-corrected chi connectivity index (χ1v) is 7.12. The maximum absolute atomic E-state index is 11.2. The molecule has 0 saturated carbocycles. The third kappa shape index (κ3) is 5.17. The van der Waals surface area contributed by atoms with Crippen LogP contribution in [0.4, 0.5) is 0 Å². The van der Waals surface area contributed by atoms with Crippen molar-refractivity contribution in [3.8, 4) is 0 Å². The van der Waals surface area contributed by atoms with Crippen molar-refractivity contribution in [2.75, 3.05) is 0 Å². The summed E-state index contributed by atoms with van der Waals surface area (Å²) in [7, 11) is 0. The smallest absolute Gasteiger partial charge is 0.305 e. The lowest BCUT2D eigenvalue weighted by Gasteiger charge is -2.53. The molecule has 24 heavy (non-hydrogen) atoms. The quantitative estimate of drug-likeness (QED) is 0.287. The van der Waals surface area contributed by atoms with Gasteiger partial charge in [0.25, 0.3) is 0 Å². The van der Waals surface area contributed by atoms with E-state index in [1.807, 2.05) is 0 Å². The van der Waals surface area contributed by atoms with Gasteiger partial charge in [0.15, 0.2) is 0 Å². The SMILES string of the molecule is CC(C)(C(N)(CCC(=O)O)CC(=O)O)C(N)(CC(=O)O)CC(=O)O. The van der Waals surface area contributed by atoms with Gasteiger partial charge in [-0.15, -0.1) is 0 Å². The van der Waals surface area contributed by atoms with E-state index in [0.717, 1.165) is 0 Å². The molecule has 0 aliphatic carbocycles. The molecule has 10 nitrogen and oxygen atoms in total. The van der Waals surface area contributed by atoms with E-state index in [9.17, 15) is 19.2 Å². The molecule has 0 aromatic rings. The fourth-order valence-corrected chi connectivity index (χ4v) is 2.76. The summed E-state index contributed by atoms with van der Waals surface area (Å²) in [5, 5.41) is 36.1. The number of hydrogen-bond acceptors (Lipinski definition) is 6. The van der Waals surface area contributed by atoms with Gasteiger partial charge in [-0.1, -0.05) is 13.8 Å². The van der Waals surface area contributed by atoms with Crippen LogP contribution in [0.1, 0.15) is 46.0 Å². The summed E-state index contributed by atoms with van der Waals surface area (Å²) in [6.45, 7) is 2.73. The first-order valence-electron chi connectivity index (χ1n) is 7.12. The van der Waals surface area contributed by atoms with E-state index in [1.54, 1.807) is 0 Å². The molecule has 8 N–H and O–H groups in total. The largest absolute Gasteiger partial charge is 0.481 e. The van der Waals surface area contributed by atoms with E-state index in [-0.39, 0.29) is 6.42 Å². The molecule has 0 spiro atoms. The van der Waals surface area contributed by atoms with Crippen molar-refractivity contribution in [3.05, 3.63) is 0 Å². The molecule has 0 aliphatic heterocycles. The Kier molecular flexibility index (Phi) is 6.88. The molecular formula is C14H24N2O8. The van der Waals surface area contributed by atoms with E-state index >= 15 is 0 Å². The highest BCUT2D eigenvalue weighted by Crippen LogP contribution is 2.46. The van der Waals surface area contributed by atoms with Crippen LogP contribution in [0.25, 0.3) is 0 Å². The molecule has 1 unspecified atom stereocenters. The molecule has 0 heterocycles. The molecule has 0 aromatic heterocycles. The predicted octanol–water partition coefficient (Wildman–Crippen LogP) is -0.303. The lowest BCUT2D eigenvalue weighted by Crippen LogP contribution is -2.68. The lowest BCUT2D eigenvalue weighted by molar-refractivity contribution is -0.148. The van der Waals surface area contributed by atoms with Crippen LogP contribution in [0, 0.1) is 5.41 Å². The second kappa shape index (κ2) is 7.58. The topological polar surface area (TPSA) is 201 Å². The highest BCUT2D eigenvalue weighted by molar-refractivity contribution is 5.74. The number of carbonyl (C=O) groups is 4. The number of rotatable bonds is 11. The standard InChI is InChI=1S/C14H24N2O8/c1-12(2,14(16,6-10(21)22)7-11(23)24)13(15,5-9(19)20)4-3-8(17)18/h3-7,15-16H2,1-2H3,(H,17,18)(H,19,20)(H,21,22)(H,23,24). The van der Waals surface area contributed by atoms with Gasteiger partial charge in [-0.25, -0.2) is 0 Å². The first kappa shape index (κ1) is 21.8. The summed E-state index contributed by atoms with van der Waals surface area (Å²) in [6, 6.07) is 0. The molecule has 0 rings (SSSR count). The number of aliphatic carboxylic acids is 4. The van der Waals surface area contributed by atoms with Crippen molar-refractivity contribution in [3.63, 3.8) is 0 Å². The van der Waals surface area contributed by atoms with E-state index in [1.165, 1.54) is 13.8 Å². The van der Waals surface area contributed by atoms with E-state index in [4.69, 9.17) is 31.9 Å².